The smallest absolute Gasteiger partial charge is 0.248 e. The minimum absolute atomic E-state index is 0.0936. The summed E-state index contributed by atoms with van der Waals surface area (Å²) in [5.41, 5.74) is 1.22. The number of methoxy groups -OCH3 is 3. The average molecular weight is 523 g/mol. The molecule has 0 saturated heterocycles. The molecule has 0 bridgehead atoms. The Kier molecular flexibility index (Phi) is 9.06. The number of amides is 2. The third kappa shape index (κ3) is 6.63. The van der Waals surface area contributed by atoms with Gasteiger partial charge in [0.1, 0.15) is 23.3 Å². The van der Waals surface area contributed by atoms with Gasteiger partial charge in [0, 0.05) is 29.1 Å². The van der Waals surface area contributed by atoms with Crippen LogP contribution in [0, 0.1) is 0 Å². The van der Waals surface area contributed by atoms with Crippen LogP contribution in [0.5, 0.6) is 17.2 Å². The molecule has 1 aliphatic carbocycles. The standard InChI is InChI=1S/C29H34N2O5S/c1-34-23-13-11-20(12-14-23)28(29(33)30-21-8-5-4-6-9-21)31(27(32)19-26-10-7-15-37-26)22-16-24(35-2)18-25(17-22)36-3/h7,10-18,21,28H,4-6,8-9,19H2,1-3H3,(H,30,33)/t28-/m0/s1. The van der Waals surface area contributed by atoms with Crippen LogP contribution in [0.3, 0.4) is 0 Å². The highest BCUT2D eigenvalue weighted by Gasteiger charge is 2.34. The molecule has 0 aliphatic heterocycles. The first-order valence-corrected chi connectivity index (χ1v) is 13.4. The lowest BCUT2D eigenvalue weighted by atomic mass is 9.94. The summed E-state index contributed by atoms with van der Waals surface area (Å²) in [6, 6.07) is 15.6. The average Bonchev–Trinajstić information content (AvgIpc) is 3.44. The van der Waals surface area contributed by atoms with Crippen LogP contribution in [0.1, 0.15) is 48.6 Å². The molecule has 0 spiro atoms. The number of thiophene rings is 1. The molecule has 196 valence electrons. The van der Waals surface area contributed by atoms with Crippen LogP contribution >= 0.6 is 11.3 Å². The van der Waals surface area contributed by atoms with Crippen molar-refractivity contribution in [2.45, 2.75) is 50.6 Å². The van der Waals surface area contributed by atoms with Crippen molar-refractivity contribution in [1.29, 1.82) is 0 Å². The van der Waals surface area contributed by atoms with E-state index in [-0.39, 0.29) is 24.3 Å². The Labute approximate surface area is 222 Å². The quantitative estimate of drug-likeness (QED) is 0.378. The third-order valence-electron chi connectivity index (χ3n) is 6.68. The number of nitrogens with one attached hydrogen (secondary N) is 1. The Hall–Kier alpha value is -3.52. The van der Waals surface area contributed by atoms with E-state index in [9.17, 15) is 9.59 Å². The van der Waals surface area contributed by atoms with Crippen molar-refractivity contribution in [2.24, 2.45) is 0 Å². The van der Waals surface area contributed by atoms with Gasteiger partial charge in [-0.2, -0.15) is 0 Å². The van der Waals surface area contributed by atoms with E-state index in [2.05, 4.69) is 5.32 Å². The molecular weight excluding hydrogens is 488 g/mol. The Balaban J connectivity index is 1.81. The molecule has 1 N–H and O–H groups in total. The van der Waals surface area contributed by atoms with E-state index in [1.54, 1.807) is 44.4 Å². The highest BCUT2D eigenvalue weighted by Crippen LogP contribution is 2.35. The molecule has 1 heterocycles. The highest BCUT2D eigenvalue weighted by molar-refractivity contribution is 7.10. The molecule has 2 aromatic carbocycles. The maximum absolute atomic E-state index is 14.0. The van der Waals surface area contributed by atoms with Gasteiger partial charge in [-0.25, -0.2) is 0 Å². The number of hydrogen-bond donors (Lipinski definition) is 1. The molecule has 3 aromatic rings. The van der Waals surface area contributed by atoms with Crippen molar-refractivity contribution in [3.63, 3.8) is 0 Å². The Morgan fingerprint density at radius 3 is 2.14 bits per heavy atom. The fraction of sp³-hybridized carbons (Fsp3) is 0.379. The minimum Gasteiger partial charge on any atom is -0.497 e. The molecule has 37 heavy (non-hydrogen) atoms. The van der Waals surface area contributed by atoms with Crippen LogP contribution in [0.15, 0.2) is 60.0 Å². The van der Waals surface area contributed by atoms with Gasteiger partial charge in [0.05, 0.1) is 33.4 Å². The molecular formula is C29H34N2O5S. The van der Waals surface area contributed by atoms with E-state index < -0.39 is 6.04 Å². The molecule has 2 amide bonds. The van der Waals surface area contributed by atoms with E-state index >= 15 is 0 Å². The molecule has 0 unspecified atom stereocenters. The van der Waals surface area contributed by atoms with Crippen LogP contribution in [0.4, 0.5) is 5.69 Å². The number of anilines is 1. The molecule has 1 fully saturated rings. The van der Waals surface area contributed by atoms with Gasteiger partial charge in [0.25, 0.3) is 0 Å². The van der Waals surface area contributed by atoms with E-state index in [4.69, 9.17) is 14.2 Å². The van der Waals surface area contributed by atoms with Gasteiger partial charge < -0.3 is 19.5 Å². The summed E-state index contributed by atoms with van der Waals surface area (Å²) >= 11 is 1.51. The molecule has 1 atom stereocenters. The first-order valence-electron chi connectivity index (χ1n) is 12.5. The molecule has 4 rings (SSSR count). The molecule has 0 radical (unpaired) electrons. The summed E-state index contributed by atoms with van der Waals surface area (Å²) in [6.07, 6.45) is 5.41. The van der Waals surface area contributed by atoms with E-state index in [0.717, 1.165) is 30.6 Å². The number of nitrogens with zero attached hydrogens (tertiary/aromatic N) is 1. The number of carbonyl (C=O) groups excluding carboxylic acids is 2. The number of ether oxygens (including phenoxy) is 3. The second kappa shape index (κ2) is 12.6. The van der Waals surface area contributed by atoms with Crippen LogP contribution < -0.4 is 24.4 Å². The fourth-order valence-corrected chi connectivity index (χ4v) is 5.44. The van der Waals surface area contributed by atoms with E-state index in [1.807, 2.05) is 41.8 Å². The summed E-state index contributed by atoms with van der Waals surface area (Å²) < 4.78 is 16.3. The number of carbonyl (C=O) groups is 2. The Morgan fingerprint density at radius 2 is 1.57 bits per heavy atom. The summed E-state index contributed by atoms with van der Waals surface area (Å²) in [6.45, 7) is 0. The van der Waals surface area contributed by atoms with Crippen molar-refractivity contribution in [3.8, 4) is 17.2 Å². The zero-order valence-electron chi connectivity index (χ0n) is 21.6. The Morgan fingerprint density at radius 1 is 0.919 bits per heavy atom. The van der Waals surface area contributed by atoms with Crippen LogP contribution in [-0.4, -0.2) is 39.2 Å². The van der Waals surface area contributed by atoms with Crippen molar-refractivity contribution < 1.29 is 23.8 Å². The van der Waals surface area contributed by atoms with Gasteiger partial charge in [-0.05, 0) is 42.0 Å². The number of benzene rings is 2. The van der Waals surface area contributed by atoms with Crippen LogP contribution in [-0.2, 0) is 16.0 Å². The summed E-state index contributed by atoms with van der Waals surface area (Å²) in [5.74, 6) is 1.33. The van der Waals surface area contributed by atoms with E-state index in [0.29, 0.717) is 28.5 Å². The summed E-state index contributed by atoms with van der Waals surface area (Å²) in [4.78, 5) is 30.5. The van der Waals surface area contributed by atoms with Gasteiger partial charge in [-0.15, -0.1) is 11.3 Å². The lowest BCUT2D eigenvalue weighted by Crippen LogP contribution is -2.47. The maximum atomic E-state index is 14.0. The lowest BCUT2D eigenvalue weighted by Gasteiger charge is -2.34. The zero-order chi connectivity index (χ0) is 26.2. The fourth-order valence-electron chi connectivity index (χ4n) is 4.75. The molecule has 1 aliphatic rings. The third-order valence-corrected chi connectivity index (χ3v) is 7.55. The summed E-state index contributed by atoms with van der Waals surface area (Å²) in [5, 5.41) is 5.19. The predicted molar refractivity (Wildman–Crippen MR) is 146 cm³/mol. The highest BCUT2D eigenvalue weighted by atomic mass is 32.1. The Bertz CT molecular complexity index is 1150. The van der Waals surface area contributed by atoms with E-state index in [1.165, 1.54) is 17.8 Å². The van der Waals surface area contributed by atoms with Gasteiger partial charge >= 0.3 is 0 Å². The topological polar surface area (TPSA) is 77.1 Å². The van der Waals surface area contributed by atoms with Crippen LogP contribution in [0.2, 0.25) is 0 Å². The monoisotopic (exact) mass is 522 g/mol. The van der Waals surface area contributed by atoms with Crippen molar-refractivity contribution in [3.05, 3.63) is 70.4 Å². The second-order valence-corrected chi connectivity index (χ2v) is 10.1. The predicted octanol–water partition coefficient (Wildman–Crippen LogP) is 5.54. The van der Waals surface area contributed by atoms with Gasteiger partial charge in [-0.3, -0.25) is 14.5 Å². The summed E-state index contributed by atoms with van der Waals surface area (Å²) in [7, 11) is 4.72. The normalized spacial score (nSPS) is 14.5. The molecule has 1 aromatic heterocycles. The molecule has 7 nitrogen and oxygen atoms in total. The lowest BCUT2D eigenvalue weighted by molar-refractivity contribution is -0.127. The number of rotatable bonds is 10. The zero-order valence-corrected chi connectivity index (χ0v) is 22.4. The van der Waals surface area contributed by atoms with Crippen molar-refractivity contribution >= 4 is 28.8 Å². The SMILES string of the molecule is COc1ccc([C@@H](C(=O)NC2CCCCC2)N(C(=O)Cc2cccs2)c2cc(OC)cc(OC)c2)cc1. The van der Waals surface area contributed by atoms with Crippen molar-refractivity contribution in [2.75, 3.05) is 26.2 Å². The molecule has 8 heteroatoms. The van der Waals surface area contributed by atoms with Gasteiger partial charge in [0.15, 0.2) is 0 Å². The first-order chi connectivity index (χ1) is 18.0. The van der Waals surface area contributed by atoms with Crippen LogP contribution in [0.25, 0.3) is 0 Å². The second-order valence-electron chi connectivity index (χ2n) is 9.11. The van der Waals surface area contributed by atoms with Gasteiger partial charge in [-0.1, -0.05) is 37.5 Å². The van der Waals surface area contributed by atoms with Crippen molar-refractivity contribution in [1.82, 2.24) is 5.32 Å². The molecule has 1 saturated carbocycles. The minimum atomic E-state index is -0.892. The largest absolute Gasteiger partial charge is 0.497 e. The van der Waals surface area contributed by atoms with Gasteiger partial charge in [0.2, 0.25) is 11.8 Å². The first kappa shape index (κ1) is 26.5. The maximum Gasteiger partial charge on any atom is 0.248 e. The number of hydrogen-bond acceptors (Lipinski definition) is 6.